The Morgan fingerprint density at radius 2 is 2.00 bits per heavy atom. The van der Waals surface area contributed by atoms with Crippen molar-refractivity contribution in [3.63, 3.8) is 0 Å². The molecule has 1 aliphatic rings. The molecule has 2 heterocycles. The van der Waals surface area contributed by atoms with Crippen LogP contribution in [-0.4, -0.2) is 46.6 Å². The van der Waals surface area contributed by atoms with Gasteiger partial charge in [-0.2, -0.15) is 5.10 Å². The molecule has 0 fully saturated rings. The zero-order chi connectivity index (χ0) is 21.5. The predicted molar refractivity (Wildman–Crippen MR) is 122 cm³/mol. The van der Waals surface area contributed by atoms with Crippen LogP contribution < -0.4 is 5.32 Å². The van der Waals surface area contributed by atoms with Crippen molar-refractivity contribution in [2.75, 3.05) is 19.6 Å². The highest BCUT2D eigenvalue weighted by Gasteiger charge is 2.12. The van der Waals surface area contributed by atoms with Gasteiger partial charge in [0.05, 0.1) is 17.6 Å². The van der Waals surface area contributed by atoms with Crippen LogP contribution in [0.25, 0.3) is 5.69 Å². The molecule has 3 aromatic rings. The smallest absolute Gasteiger partial charge is 0.251 e. The van der Waals surface area contributed by atoms with Gasteiger partial charge < -0.3 is 10.2 Å². The fourth-order valence-electron chi connectivity index (χ4n) is 3.23. The standard InChI is InChI=1S/C25H23N5O/c1-20-12-14-28-30(20)24-11-10-23(18-22(24)9-8-21-6-3-2-4-7-21)25(31)27-15-17-29-16-5-13-26-19-29/h2-7,10-14,18-19H,15-17H2,1H3,(H,27,31). The summed E-state index contributed by atoms with van der Waals surface area (Å²) >= 11 is 0. The minimum absolute atomic E-state index is 0.129. The van der Waals surface area contributed by atoms with Gasteiger partial charge in [0.1, 0.15) is 0 Å². The first-order valence-electron chi connectivity index (χ1n) is 10.1. The maximum atomic E-state index is 12.7. The number of carbonyl (C=O) groups excluding carboxylic acids is 1. The Morgan fingerprint density at radius 1 is 1.13 bits per heavy atom. The van der Waals surface area contributed by atoms with E-state index in [0.717, 1.165) is 29.1 Å². The van der Waals surface area contributed by atoms with Crippen molar-refractivity contribution in [2.24, 2.45) is 4.99 Å². The molecule has 4 rings (SSSR count). The Bertz CT molecular complexity index is 1180. The zero-order valence-electron chi connectivity index (χ0n) is 17.3. The van der Waals surface area contributed by atoms with E-state index >= 15 is 0 Å². The van der Waals surface area contributed by atoms with Crippen molar-refractivity contribution in [2.45, 2.75) is 6.92 Å². The number of nitrogens with zero attached hydrogens (tertiary/aromatic N) is 4. The maximum absolute atomic E-state index is 12.7. The lowest BCUT2D eigenvalue weighted by molar-refractivity contribution is 0.0952. The Kier molecular flexibility index (Phi) is 6.24. The van der Waals surface area contributed by atoms with Crippen LogP contribution in [0.1, 0.15) is 27.2 Å². The van der Waals surface area contributed by atoms with E-state index in [1.54, 1.807) is 18.7 Å². The Morgan fingerprint density at radius 3 is 2.74 bits per heavy atom. The van der Waals surface area contributed by atoms with E-state index in [-0.39, 0.29) is 5.91 Å². The monoisotopic (exact) mass is 409 g/mol. The average Bonchev–Trinajstić information content (AvgIpc) is 3.24. The zero-order valence-corrected chi connectivity index (χ0v) is 17.3. The Labute approximate surface area is 181 Å². The highest BCUT2D eigenvalue weighted by atomic mass is 16.1. The third kappa shape index (κ3) is 5.09. The molecule has 31 heavy (non-hydrogen) atoms. The van der Waals surface area contributed by atoms with Gasteiger partial charge in [-0.3, -0.25) is 4.79 Å². The topological polar surface area (TPSA) is 62.5 Å². The normalized spacial score (nSPS) is 12.4. The van der Waals surface area contributed by atoms with Crippen LogP contribution in [0.15, 0.2) is 78.1 Å². The number of nitrogens with one attached hydrogen (secondary N) is 1. The number of amides is 1. The number of rotatable bonds is 5. The highest BCUT2D eigenvalue weighted by Crippen LogP contribution is 2.18. The summed E-state index contributed by atoms with van der Waals surface area (Å²) in [5, 5.41) is 7.38. The van der Waals surface area contributed by atoms with Gasteiger partial charge in [0, 0.05) is 48.9 Å². The van der Waals surface area contributed by atoms with Crippen LogP contribution in [0.2, 0.25) is 0 Å². The largest absolute Gasteiger partial charge is 0.357 e. The van der Waals surface area contributed by atoms with Gasteiger partial charge >= 0.3 is 0 Å². The summed E-state index contributed by atoms with van der Waals surface area (Å²) in [5.41, 5.74) is 4.07. The van der Waals surface area contributed by atoms with Crippen LogP contribution >= 0.6 is 0 Å². The van der Waals surface area contributed by atoms with Crippen molar-refractivity contribution in [3.05, 3.63) is 95.5 Å². The van der Waals surface area contributed by atoms with E-state index in [9.17, 15) is 4.79 Å². The molecule has 0 radical (unpaired) electrons. The molecule has 1 amide bonds. The number of aryl methyl sites for hydroxylation is 1. The van der Waals surface area contributed by atoms with Gasteiger partial charge in [0.2, 0.25) is 0 Å². The fourth-order valence-corrected chi connectivity index (χ4v) is 3.23. The third-order valence-electron chi connectivity index (χ3n) is 4.88. The molecule has 0 unspecified atom stereocenters. The molecule has 6 heteroatoms. The summed E-state index contributed by atoms with van der Waals surface area (Å²) in [5.74, 6) is 6.28. The fraction of sp³-hybridized carbons (Fsp3) is 0.160. The average molecular weight is 409 g/mol. The van der Waals surface area contributed by atoms with Crippen LogP contribution in [0, 0.1) is 18.8 Å². The molecule has 1 N–H and O–H groups in total. The molecule has 0 saturated carbocycles. The second-order valence-corrected chi connectivity index (χ2v) is 7.13. The summed E-state index contributed by atoms with van der Waals surface area (Å²) in [4.78, 5) is 18.9. The summed E-state index contributed by atoms with van der Waals surface area (Å²) in [6.07, 6.45) is 7.29. The Balaban J connectivity index is 1.55. The van der Waals surface area contributed by atoms with Gasteiger partial charge in [-0.1, -0.05) is 30.0 Å². The SMILES string of the molecule is Cc1ccnn1-c1ccc(C(=O)NCCN2C=NC=CC2)cc1C#Cc1ccccc1. The van der Waals surface area contributed by atoms with Gasteiger partial charge in [-0.25, -0.2) is 9.67 Å². The van der Waals surface area contributed by atoms with E-state index in [0.29, 0.717) is 18.7 Å². The summed E-state index contributed by atoms with van der Waals surface area (Å²) in [7, 11) is 0. The van der Waals surface area contributed by atoms with Crippen LogP contribution in [0.4, 0.5) is 0 Å². The molecule has 1 aliphatic heterocycles. The molecule has 1 aromatic heterocycles. The van der Waals surface area contributed by atoms with Gasteiger partial charge in [-0.15, -0.1) is 0 Å². The molecule has 0 bridgehead atoms. The lowest BCUT2D eigenvalue weighted by atomic mass is 10.1. The van der Waals surface area contributed by atoms with Crippen LogP contribution in [0.3, 0.4) is 0 Å². The van der Waals surface area contributed by atoms with Crippen molar-refractivity contribution < 1.29 is 4.79 Å². The molecule has 2 aromatic carbocycles. The lowest BCUT2D eigenvalue weighted by Gasteiger charge is -2.19. The quantitative estimate of drug-likeness (QED) is 0.659. The highest BCUT2D eigenvalue weighted by molar-refractivity contribution is 5.95. The van der Waals surface area contributed by atoms with Crippen LogP contribution in [-0.2, 0) is 0 Å². The lowest BCUT2D eigenvalue weighted by Crippen LogP contribution is -2.35. The molecule has 0 spiro atoms. The molecular formula is C25H23N5O. The van der Waals surface area contributed by atoms with Gasteiger partial charge in [0.25, 0.3) is 5.91 Å². The molecule has 0 aliphatic carbocycles. The Hall–Kier alpha value is -4.11. The molecule has 154 valence electrons. The number of benzene rings is 2. The van der Waals surface area contributed by atoms with Crippen molar-refractivity contribution in [1.82, 2.24) is 20.0 Å². The summed E-state index contributed by atoms with van der Waals surface area (Å²) in [6.45, 7) is 4.02. The number of carbonyl (C=O) groups is 1. The number of hydrogen-bond acceptors (Lipinski definition) is 4. The number of hydrogen-bond donors (Lipinski definition) is 1. The minimum atomic E-state index is -0.129. The summed E-state index contributed by atoms with van der Waals surface area (Å²) < 4.78 is 1.83. The van der Waals surface area contributed by atoms with Crippen LogP contribution in [0.5, 0.6) is 0 Å². The first-order valence-corrected chi connectivity index (χ1v) is 10.1. The van der Waals surface area contributed by atoms with E-state index in [2.05, 4.69) is 27.2 Å². The third-order valence-corrected chi connectivity index (χ3v) is 4.88. The second-order valence-electron chi connectivity index (χ2n) is 7.13. The molecule has 0 atom stereocenters. The molecular weight excluding hydrogens is 386 g/mol. The second kappa shape index (κ2) is 9.59. The van der Waals surface area contributed by atoms with E-state index in [1.807, 2.05) is 77.2 Å². The van der Waals surface area contributed by atoms with E-state index in [4.69, 9.17) is 0 Å². The van der Waals surface area contributed by atoms with Gasteiger partial charge in [0.15, 0.2) is 0 Å². The molecule has 0 saturated heterocycles. The van der Waals surface area contributed by atoms with Gasteiger partial charge in [-0.05, 0) is 49.4 Å². The van der Waals surface area contributed by atoms with E-state index in [1.165, 1.54) is 0 Å². The molecule has 6 nitrogen and oxygen atoms in total. The summed E-state index contributed by atoms with van der Waals surface area (Å²) in [6, 6.07) is 17.3. The van der Waals surface area contributed by atoms with Crippen molar-refractivity contribution in [1.29, 1.82) is 0 Å². The number of aromatic nitrogens is 2. The maximum Gasteiger partial charge on any atom is 0.251 e. The first-order chi connectivity index (χ1) is 15.2. The minimum Gasteiger partial charge on any atom is -0.357 e. The predicted octanol–water partition coefficient (Wildman–Crippen LogP) is 3.17. The number of aliphatic imine (C=N–C) groups is 1. The van der Waals surface area contributed by atoms with Crippen molar-refractivity contribution >= 4 is 12.2 Å². The first kappa shape index (κ1) is 20.2. The van der Waals surface area contributed by atoms with Crippen molar-refractivity contribution in [3.8, 4) is 17.5 Å². The van der Waals surface area contributed by atoms with E-state index < -0.39 is 0 Å².